The van der Waals surface area contributed by atoms with Gasteiger partial charge in [-0.05, 0) is 12.8 Å². The lowest BCUT2D eigenvalue weighted by atomic mass is 9.93. The van der Waals surface area contributed by atoms with E-state index in [1.54, 1.807) is 0 Å². The van der Waals surface area contributed by atoms with Gasteiger partial charge >= 0.3 is 0 Å². The molecule has 0 saturated heterocycles. The summed E-state index contributed by atoms with van der Waals surface area (Å²) in [5.41, 5.74) is 0. The first-order valence-corrected chi connectivity index (χ1v) is 4.24. The van der Waals surface area contributed by atoms with E-state index in [2.05, 4.69) is 0 Å². The summed E-state index contributed by atoms with van der Waals surface area (Å²) < 4.78 is 0. The van der Waals surface area contributed by atoms with Crippen molar-refractivity contribution in [2.45, 2.75) is 51.4 Å². The van der Waals surface area contributed by atoms with Gasteiger partial charge in [0.2, 0.25) is 0 Å². The van der Waals surface area contributed by atoms with Crippen molar-refractivity contribution in [3.8, 4) is 0 Å². The van der Waals surface area contributed by atoms with Crippen LogP contribution in [0.5, 0.6) is 0 Å². The molecule has 0 spiro atoms. The molecule has 1 saturated carbocycles. The number of aliphatic hydroxyl groups excluding tert-OH is 3. The molecule has 0 radical (unpaired) electrons. The first-order chi connectivity index (χ1) is 5.20. The van der Waals surface area contributed by atoms with Gasteiger partial charge < -0.3 is 15.3 Å². The number of aliphatic hydroxyl groups is 3. The maximum atomic E-state index is 8.94. The van der Waals surface area contributed by atoms with Crippen LogP contribution in [0.3, 0.4) is 0 Å². The van der Waals surface area contributed by atoms with E-state index in [9.17, 15) is 0 Å². The van der Waals surface area contributed by atoms with Crippen molar-refractivity contribution in [2.75, 3.05) is 0 Å². The van der Waals surface area contributed by atoms with Gasteiger partial charge in [-0.1, -0.05) is 13.8 Å². The van der Waals surface area contributed by atoms with Gasteiger partial charge in [0.05, 0.1) is 18.3 Å². The Hall–Kier alpha value is -0.120. The molecule has 0 aliphatic heterocycles. The molecule has 1 fully saturated rings. The lowest BCUT2D eigenvalue weighted by Gasteiger charge is -2.26. The molecule has 1 aliphatic rings. The van der Waals surface area contributed by atoms with Crippen LogP contribution < -0.4 is 0 Å². The summed E-state index contributed by atoms with van der Waals surface area (Å²) in [7, 11) is 0. The van der Waals surface area contributed by atoms with E-state index >= 15 is 0 Å². The predicted molar refractivity (Wildman–Crippen MR) is 43.2 cm³/mol. The topological polar surface area (TPSA) is 60.7 Å². The second-order valence-electron chi connectivity index (χ2n) is 2.60. The molecule has 0 heterocycles. The molecule has 3 nitrogen and oxygen atoms in total. The van der Waals surface area contributed by atoms with Crippen molar-refractivity contribution in [3.63, 3.8) is 0 Å². The molecule has 3 atom stereocenters. The van der Waals surface area contributed by atoms with Gasteiger partial charge in [0, 0.05) is 6.42 Å². The Kier molecular flexibility index (Phi) is 5.46. The maximum Gasteiger partial charge on any atom is 0.0823 e. The smallest absolute Gasteiger partial charge is 0.0823 e. The molecule has 1 aliphatic carbocycles. The van der Waals surface area contributed by atoms with Crippen LogP contribution in [0.4, 0.5) is 0 Å². The summed E-state index contributed by atoms with van der Waals surface area (Å²) in [6.07, 6.45) is -0.299. The van der Waals surface area contributed by atoms with Crippen LogP contribution in [0.1, 0.15) is 33.1 Å². The van der Waals surface area contributed by atoms with Crippen LogP contribution >= 0.6 is 0 Å². The molecule has 3 heteroatoms. The van der Waals surface area contributed by atoms with Gasteiger partial charge in [-0.2, -0.15) is 0 Å². The Morgan fingerprint density at radius 3 is 1.82 bits per heavy atom. The Morgan fingerprint density at radius 2 is 1.45 bits per heavy atom. The molecule has 0 bridgehead atoms. The normalized spacial score (nSPS) is 37.4. The number of hydrogen-bond donors (Lipinski definition) is 3. The maximum absolute atomic E-state index is 8.94. The third-order valence-electron chi connectivity index (χ3n) is 1.75. The van der Waals surface area contributed by atoms with Crippen LogP contribution in [0, 0.1) is 0 Å². The van der Waals surface area contributed by atoms with E-state index in [-0.39, 0.29) is 0 Å². The van der Waals surface area contributed by atoms with Crippen molar-refractivity contribution < 1.29 is 15.3 Å². The Balaban J connectivity index is 0.000000461. The fourth-order valence-corrected chi connectivity index (χ4v) is 1.11. The zero-order chi connectivity index (χ0) is 8.85. The fraction of sp³-hybridized carbons (Fsp3) is 1.00. The molecule has 68 valence electrons. The summed E-state index contributed by atoms with van der Waals surface area (Å²) in [5.74, 6) is 0. The standard InChI is InChI=1S/C6H12O3.C2H6/c7-4-1-2-5(8)6(9)3-4;1-2/h4-9H,1-3H2;1-2H3/t4-,5+,6-;/m1./s1. The molecular weight excluding hydrogens is 144 g/mol. The molecule has 0 aromatic carbocycles. The molecular formula is C8H18O3. The minimum Gasteiger partial charge on any atom is -0.393 e. The average molecular weight is 162 g/mol. The molecule has 1 rings (SSSR count). The van der Waals surface area contributed by atoms with E-state index in [1.165, 1.54) is 0 Å². The Labute approximate surface area is 67.7 Å². The highest BCUT2D eigenvalue weighted by Crippen LogP contribution is 2.18. The van der Waals surface area contributed by atoms with Crippen molar-refractivity contribution in [3.05, 3.63) is 0 Å². The zero-order valence-corrected chi connectivity index (χ0v) is 7.20. The van der Waals surface area contributed by atoms with Gasteiger partial charge in [0.25, 0.3) is 0 Å². The summed E-state index contributed by atoms with van der Waals surface area (Å²) in [6.45, 7) is 4.00. The molecule has 11 heavy (non-hydrogen) atoms. The number of rotatable bonds is 0. The molecule has 0 aromatic heterocycles. The molecule has 0 aromatic rings. The summed E-state index contributed by atoms with van der Waals surface area (Å²) in [6, 6.07) is 0. The average Bonchev–Trinajstić information content (AvgIpc) is 2.02. The van der Waals surface area contributed by atoms with Gasteiger partial charge in [-0.25, -0.2) is 0 Å². The van der Waals surface area contributed by atoms with Gasteiger partial charge in [-0.15, -0.1) is 0 Å². The summed E-state index contributed by atoms with van der Waals surface area (Å²) in [4.78, 5) is 0. The van der Waals surface area contributed by atoms with Crippen molar-refractivity contribution in [2.24, 2.45) is 0 Å². The van der Waals surface area contributed by atoms with Crippen molar-refractivity contribution in [1.82, 2.24) is 0 Å². The van der Waals surface area contributed by atoms with Crippen molar-refractivity contribution in [1.29, 1.82) is 0 Å². The summed E-state index contributed by atoms with van der Waals surface area (Å²) >= 11 is 0. The van der Waals surface area contributed by atoms with E-state index in [4.69, 9.17) is 15.3 Å². The van der Waals surface area contributed by atoms with E-state index < -0.39 is 18.3 Å². The minimum absolute atomic E-state index is 0.321. The van der Waals surface area contributed by atoms with Gasteiger partial charge in [0.1, 0.15) is 0 Å². The second-order valence-corrected chi connectivity index (χ2v) is 2.60. The van der Waals surface area contributed by atoms with E-state index in [0.29, 0.717) is 19.3 Å². The van der Waals surface area contributed by atoms with Crippen LogP contribution in [0.2, 0.25) is 0 Å². The fourth-order valence-electron chi connectivity index (χ4n) is 1.11. The highest BCUT2D eigenvalue weighted by Gasteiger charge is 2.25. The second kappa shape index (κ2) is 5.52. The first kappa shape index (κ1) is 10.9. The largest absolute Gasteiger partial charge is 0.393 e. The Morgan fingerprint density at radius 1 is 0.909 bits per heavy atom. The molecule has 3 N–H and O–H groups in total. The van der Waals surface area contributed by atoms with Crippen LogP contribution in [-0.4, -0.2) is 33.6 Å². The zero-order valence-electron chi connectivity index (χ0n) is 7.20. The monoisotopic (exact) mass is 162 g/mol. The third kappa shape index (κ3) is 3.70. The van der Waals surface area contributed by atoms with E-state index in [0.717, 1.165) is 0 Å². The van der Waals surface area contributed by atoms with Crippen LogP contribution in [0.15, 0.2) is 0 Å². The lowest BCUT2D eigenvalue weighted by Crippen LogP contribution is -2.35. The lowest BCUT2D eigenvalue weighted by molar-refractivity contribution is -0.0494. The molecule has 0 amide bonds. The van der Waals surface area contributed by atoms with E-state index in [1.807, 2.05) is 13.8 Å². The predicted octanol–water partition coefficient (Wildman–Crippen LogP) is 0.279. The Bertz CT molecular complexity index is 95.3. The first-order valence-electron chi connectivity index (χ1n) is 4.24. The minimum atomic E-state index is -0.714. The molecule has 0 unspecified atom stereocenters. The quantitative estimate of drug-likeness (QED) is 0.479. The SMILES string of the molecule is CC.O[C@@H]1CC[C@H](O)[C@H](O)C1. The van der Waals surface area contributed by atoms with Gasteiger partial charge in [-0.3, -0.25) is 0 Å². The summed E-state index contributed by atoms with van der Waals surface area (Å²) in [5, 5.41) is 26.8. The van der Waals surface area contributed by atoms with Crippen LogP contribution in [0.25, 0.3) is 0 Å². The highest BCUT2D eigenvalue weighted by atomic mass is 16.3. The number of hydrogen-bond acceptors (Lipinski definition) is 3. The third-order valence-corrected chi connectivity index (χ3v) is 1.75. The highest BCUT2D eigenvalue weighted by molar-refractivity contribution is 4.77. The van der Waals surface area contributed by atoms with Crippen LogP contribution in [-0.2, 0) is 0 Å². The van der Waals surface area contributed by atoms with Crippen molar-refractivity contribution >= 4 is 0 Å². The van der Waals surface area contributed by atoms with Gasteiger partial charge in [0.15, 0.2) is 0 Å².